The molecule has 0 fully saturated rings. The molecular weight excluding hydrogens is 344 g/mol. The normalized spacial score (nSPS) is 10.8. The predicted molar refractivity (Wildman–Crippen MR) is 96.3 cm³/mol. The first-order valence-corrected chi connectivity index (χ1v) is 8.24. The average Bonchev–Trinajstić information content (AvgIpc) is 2.95. The summed E-state index contributed by atoms with van der Waals surface area (Å²) in [7, 11) is 0. The molecule has 0 unspecified atom stereocenters. The lowest BCUT2D eigenvalue weighted by Gasteiger charge is -2.07. The zero-order valence-electron chi connectivity index (χ0n) is 12.2. The molecule has 4 aromatic rings. The molecule has 0 atom stereocenters. The highest BCUT2D eigenvalue weighted by Gasteiger charge is 2.16. The largest absolute Gasteiger partial charge is 0.339 e. The summed E-state index contributed by atoms with van der Waals surface area (Å²) in [5.41, 5.74) is 1.06. The first-order chi connectivity index (χ1) is 11.7. The fraction of sp³-hybridized carbons (Fsp3) is 0. The second-order valence-electron chi connectivity index (χ2n) is 5.07. The molecule has 0 aliphatic heterocycles. The van der Waals surface area contributed by atoms with Gasteiger partial charge in [0, 0.05) is 10.7 Å². The minimum absolute atomic E-state index is 0.0222. The molecular formula is C17H9ClN4OS. The lowest BCUT2D eigenvalue weighted by Crippen LogP contribution is -2.19. The molecule has 7 heteroatoms. The highest BCUT2D eigenvalue weighted by molar-refractivity contribution is 7.23. The number of fused-ring (bicyclic) bond motifs is 3. The number of nitrogens with one attached hydrogen (secondary N) is 1. The maximum absolute atomic E-state index is 12.7. The Morgan fingerprint density at radius 1 is 1.17 bits per heavy atom. The highest BCUT2D eigenvalue weighted by atomic mass is 35.5. The fourth-order valence-corrected chi connectivity index (χ4v) is 3.61. The number of halogens is 1. The summed E-state index contributed by atoms with van der Waals surface area (Å²) in [4.78, 5) is 17.8. The van der Waals surface area contributed by atoms with Crippen molar-refractivity contribution < 1.29 is 0 Å². The predicted octanol–water partition coefficient (Wildman–Crippen LogP) is 4.18. The van der Waals surface area contributed by atoms with E-state index in [0.717, 1.165) is 10.2 Å². The van der Waals surface area contributed by atoms with E-state index >= 15 is 0 Å². The third kappa shape index (κ3) is 2.31. The van der Waals surface area contributed by atoms with Gasteiger partial charge in [-0.25, -0.2) is 9.38 Å². The van der Waals surface area contributed by atoms with E-state index in [1.54, 1.807) is 24.3 Å². The number of thiazole rings is 1. The zero-order valence-corrected chi connectivity index (χ0v) is 13.7. The van der Waals surface area contributed by atoms with Crippen molar-refractivity contribution >= 4 is 49.6 Å². The smallest absolute Gasteiger partial charge is 0.279 e. The Hall–Kier alpha value is -2.88. The van der Waals surface area contributed by atoms with Gasteiger partial charge in [0.1, 0.15) is 6.07 Å². The first-order valence-electron chi connectivity index (χ1n) is 7.04. The third-order valence-corrected chi connectivity index (χ3v) is 4.85. The van der Waals surface area contributed by atoms with Crippen LogP contribution in [0, 0.1) is 11.3 Å². The van der Waals surface area contributed by atoms with Crippen molar-refractivity contribution in [2.75, 3.05) is 5.32 Å². The number of nitriles is 1. The summed E-state index contributed by atoms with van der Waals surface area (Å²) < 4.78 is 2.42. The fourth-order valence-electron chi connectivity index (χ4n) is 2.47. The first kappa shape index (κ1) is 14.7. The molecule has 0 aliphatic rings. The van der Waals surface area contributed by atoms with Gasteiger partial charge in [-0.2, -0.15) is 5.26 Å². The van der Waals surface area contributed by atoms with E-state index in [4.69, 9.17) is 11.6 Å². The van der Waals surface area contributed by atoms with Gasteiger partial charge in [-0.1, -0.05) is 35.1 Å². The summed E-state index contributed by atoms with van der Waals surface area (Å²) >= 11 is 7.28. The van der Waals surface area contributed by atoms with Gasteiger partial charge in [0.2, 0.25) is 0 Å². The van der Waals surface area contributed by atoms with E-state index in [1.807, 2.05) is 30.3 Å². The number of nitrogens with zero attached hydrogens (tertiary/aromatic N) is 3. The standard InChI is InChI=1S/C17H9ClN4OS/c18-10-5-7-11(8-6-10)20-15-12(9-19)16(23)22-13-3-1-2-4-14(13)24-17(22)21-15/h1-8,20H. The molecule has 0 bridgehead atoms. The van der Waals surface area contributed by atoms with Crippen LogP contribution in [0.5, 0.6) is 0 Å². The molecule has 0 aliphatic carbocycles. The van der Waals surface area contributed by atoms with E-state index in [0.29, 0.717) is 15.7 Å². The van der Waals surface area contributed by atoms with Crippen LogP contribution < -0.4 is 10.9 Å². The van der Waals surface area contributed by atoms with Gasteiger partial charge < -0.3 is 5.32 Å². The molecule has 2 heterocycles. The summed E-state index contributed by atoms with van der Waals surface area (Å²) in [6.45, 7) is 0. The maximum atomic E-state index is 12.7. The van der Waals surface area contributed by atoms with Gasteiger partial charge >= 0.3 is 0 Å². The van der Waals surface area contributed by atoms with Crippen LogP contribution in [0.4, 0.5) is 11.5 Å². The Morgan fingerprint density at radius 2 is 1.92 bits per heavy atom. The number of hydrogen-bond acceptors (Lipinski definition) is 5. The lowest BCUT2D eigenvalue weighted by molar-refractivity contribution is 1.10. The van der Waals surface area contributed by atoms with Crippen LogP contribution >= 0.6 is 22.9 Å². The topological polar surface area (TPSA) is 70.2 Å². The Morgan fingerprint density at radius 3 is 2.67 bits per heavy atom. The van der Waals surface area contributed by atoms with Crippen molar-refractivity contribution in [3.05, 3.63) is 69.5 Å². The third-order valence-electron chi connectivity index (χ3n) is 3.58. The number of rotatable bonds is 2. The summed E-state index contributed by atoms with van der Waals surface area (Å²) in [6, 6.07) is 16.5. The molecule has 116 valence electrons. The zero-order chi connectivity index (χ0) is 16.7. The second kappa shape index (κ2) is 5.64. The second-order valence-corrected chi connectivity index (χ2v) is 6.52. The van der Waals surface area contributed by atoms with Crippen molar-refractivity contribution in [1.29, 1.82) is 5.26 Å². The summed E-state index contributed by atoms with van der Waals surface area (Å²) in [5, 5.41) is 13.1. The molecule has 0 amide bonds. The van der Waals surface area contributed by atoms with Crippen molar-refractivity contribution in [1.82, 2.24) is 9.38 Å². The molecule has 0 saturated carbocycles. The minimum atomic E-state index is -0.378. The SMILES string of the molecule is N#Cc1c(Nc2ccc(Cl)cc2)nc2sc3ccccc3n2c1=O. The molecule has 4 rings (SSSR count). The van der Waals surface area contributed by atoms with E-state index in [-0.39, 0.29) is 16.9 Å². The molecule has 0 spiro atoms. The van der Waals surface area contributed by atoms with Crippen LogP contribution in [0.1, 0.15) is 5.56 Å². The molecule has 0 saturated heterocycles. The van der Waals surface area contributed by atoms with Crippen LogP contribution in [0.15, 0.2) is 53.3 Å². The van der Waals surface area contributed by atoms with Crippen molar-refractivity contribution in [2.24, 2.45) is 0 Å². The number of hydrogen-bond donors (Lipinski definition) is 1. The van der Waals surface area contributed by atoms with E-state index in [2.05, 4.69) is 10.3 Å². The Bertz CT molecular complexity index is 1170. The van der Waals surface area contributed by atoms with Gasteiger partial charge in [0.25, 0.3) is 5.56 Å². The minimum Gasteiger partial charge on any atom is -0.339 e. The van der Waals surface area contributed by atoms with Crippen LogP contribution in [-0.4, -0.2) is 9.38 Å². The van der Waals surface area contributed by atoms with E-state index in [9.17, 15) is 10.1 Å². The number of para-hydroxylation sites is 1. The van der Waals surface area contributed by atoms with Crippen LogP contribution in [-0.2, 0) is 0 Å². The Balaban J connectivity index is 1.96. The molecule has 0 radical (unpaired) electrons. The van der Waals surface area contributed by atoms with Gasteiger partial charge in [0.15, 0.2) is 16.3 Å². The van der Waals surface area contributed by atoms with Gasteiger partial charge in [-0.15, -0.1) is 0 Å². The van der Waals surface area contributed by atoms with Crippen LogP contribution in [0.2, 0.25) is 5.02 Å². The van der Waals surface area contributed by atoms with Gasteiger partial charge in [-0.3, -0.25) is 4.79 Å². The number of benzene rings is 2. The van der Waals surface area contributed by atoms with Crippen LogP contribution in [0.25, 0.3) is 15.2 Å². The van der Waals surface area contributed by atoms with E-state index in [1.165, 1.54) is 15.7 Å². The van der Waals surface area contributed by atoms with Gasteiger partial charge in [-0.05, 0) is 36.4 Å². The number of aromatic nitrogens is 2. The summed E-state index contributed by atoms with van der Waals surface area (Å²) in [6.07, 6.45) is 0. The quantitative estimate of drug-likeness (QED) is 0.587. The molecule has 24 heavy (non-hydrogen) atoms. The van der Waals surface area contributed by atoms with Crippen molar-refractivity contribution in [3.63, 3.8) is 0 Å². The Labute approximate surface area is 145 Å². The van der Waals surface area contributed by atoms with Crippen LogP contribution in [0.3, 0.4) is 0 Å². The number of anilines is 2. The van der Waals surface area contributed by atoms with Gasteiger partial charge in [0.05, 0.1) is 10.2 Å². The lowest BCUT2D eigenvalue weighted by atomic mass is 10.2. The highest BCUT2D eigenvalue weighted by Crippen LogP contribution is 2.26. The monoisotopic (exact) mass is 352 g/mol. The Kier molecular flexibility index (Phi) is 3.45. The molecule has 2 aromatic heterocycles. The molecule has 5 nitrogen and oxygen atoms in total. The average molecular weight is 353 g/mol. The summed E-state index contributed by atoms with van der Waals surface area (Å²) in [5.74, 6) is 0.247. The van der Waals surface area contributed by atoms with Crippen molar-refractivity contribution in [2.45, 2.75) is 0 Å². The van der Waals surface area contributed by atoms with E-state index < -0.39 is 0 Å². The molecule has 1 N–H and O–H groups in total. The van der Waals surface area contributed by atoms with Crippen molar-refractivity contribution in [3.8, 4) is 6.07 Å². The molecule has 2 aromatic carbocycles. The maximum Gasteiger partial charge on any atom is 0.279 e.